The minimum absolute atomic E-state index is 0.171. The second-order valence-electron chi connectivity index (χ2n) is 1.48. The predicted molar refractivity (Wildman–Crippen MR) is 36.4 cm³/mol. The lowest BCUT2D eigenvalue weighted by molar-refractivity contribution is -0.116. The molecule has 5 heteroatoms. The summed E-state index contributed by atoms with van der Waals surface area (Å²) in [5.41, 5.74) is 0. The van der Waals surface area contributed by atoms with Crippen LogP contribution in [-0.4, -0.2) is 24.5 Å². The van der Waals surface area contributed by atoms with E-state index >= 15 is 0 Å². The van der Waals surface area contributed by atoms with Crippen molar-refractivity contribution >= 4 is 15.0 Å². The number of carbonyl (C=O) groups excluding carboxylic acids is 1. The molecule has 0 atom stereocenters. The Kier molecular flexibility index (Phi) is 9.45. The third-order valence-corrected chi connectivity index (χ3v) is 0.432. The molecule has 0 aliphatic rings. The zero-order valence-electron chi connectivity index (χ0n) is 5.70. The molecule has 0 saturated carbocycles. The Morgan fingerprint density at radius 3 is 2.00 bits per heavy atom. The van der Waals surface area contributed by atoms with E-state index in [1.54, 1.807) is 13.0 Å². The van der Waals surface area contributed by atoms with Crippen molar-refractivity contribution < 1.29 is 18.8 Å². The largest absolute Gasteiger partial charge is 0.761 e. The summed E-state index contributed by atoms with van der Waals surface area (Å²) in [7, 11) is -3.13. The van der Waals surface area contributed by atoms with Crippen LogP contribution in [0, 0.1) is 0 Å². The summed E-state index contributed by atoms with van der Waals surface area (Å²) in [6, 6.07) is 0. The molecule has 2 N–H and O–H groups in total. The normalized spacial score (nSPS) is 6.90. The molecule has 0 aromatic carbocycles. The molecular weight excluding hydrogens is 152 g/mol. The Morgan fingerprint density at radius 2 is 2.00 bits per heavy atom. The van der Waals surface area contributed by atoms with Crippen LogP contribution in [0.4, 0.5) is 0 Å². The van der Waals surface area contributed by atoms with Gasteiger partial charge in [-0.15, -0.1) is 6.58 Å². The fourth-order valence-corrected chi connectivity index (χ4v) is 0.203. The van der Waals surface area contributed by atoms with E-state index in [1.807, 2.05) is 0 Å². The molecule has 10 heavy (non-hydrogen) atoms. The monoisotopic (exact) mass is 162 g/mol. The first-order chi connectivity index (χ1) is 4.50. The first-order valence-corrected chi connectivity index (χ1v) is 3.83. The van der Waals surface area contributed by atoms with Crippen LogP contribution in [0.3, 0.4) is 0 Å². The lowest BCUT2D eigenvalue weighted by Gasteiger charge is -1.75. The number of ketones is 1. The van der Waals surface area contributed by atoms with Crippen molar-refractivity contribution in [1.82, 2.24) is 0 Å². The number of hydrogen-bond donors (Lipinski definition) is 2. The molecule has 0 aromatic rings. The average Bonchev–Trinajstić information content (AvgIpc) is 1.62. The van der Waals surface area contributed by atoms with Crippen LogP contribution < -0.4 is 0 Å². The quantitative estimate of drug-likeness (QED) is 0.425. The highest BCUT2D eigenvalue weighted by molar-refractivity contribution is 6.22. The molecule has 0 amide bonds. The molecule has 0 radical (unpaired) electrons. The summed E-state index contributed by atoms with van der Waals surface area (Å²) in [5, 5.41) is 0. The Balaban J connectivity index is 0. The summed E-state index contributed by atoms with van der Waals surface area (Å²) in [5.74, 6) is 0.171. The van der Waals surface area contributed by atoms with Gasteiger partial charge >= 0.3 is 9.17 Å². The van der Waals surface area contributed by atoms with Crippen molar-refractivity contribution in [3.8, 4) is 0 Å². The number of hydrogen-bond acceptors (Lipinski definition) is 2. The van der Waals surface area contributed by atoms with Gasteiger partial charge in [-0.05, 0) is 6.92 Å². The number of allylic oxidation sites excluding steroid dienone is 1. The number of Topliss-reactive ketones (excluding diaryl/α,β-unsaturated/α-hetero) is 1. The molecule has 0 fully saturated rings. The van der Waals surface area contributed by atoms with Crippen molar-refractivity contribution in [3.63, 3.8) is 0 Å². The molecule has 0 rings (SSSR count). The highest BCUT2D eigenvalue weighted by atomic mass is 28.3. The van der Waals surface area contributed by atoms with Crippen LogP contribution in [0.5, 0.6) is 0 Å². The topological polar surface area (TPSA) is 74.6 Å². The Bertz CT molecular complexity index is 128. The van der Waals surface area contributed by atoms with Crippen LogP contribution in [-0.2, 0) is 9.26 Å². The Labute approximate surface area is 60.7 Å². The lowest BCUT2D eigenvalue weighted by atomic mass is 10.3. The molecule has 0 saturated heterocycles. The second kappa shape index (κ2) is 8.03. The first kappa shape index (κ1) is 11.8. The van der Waals surface area contributed by atoms with Gasteiger partial charge in [-0.2, -0.15) is 0 Å². The fourth-order valence-electron chi connectivity index (χ4n) is 0.203. The molecule has 58 valence electrons. The fraction of sp³-hybridized carbons (Fsp3) is 0.400. The van der Waals surface area contributed by atoms with Gasteiger partial charge in [-0.25, -0.2) is 0 Å². The van der Waals surface area contributed by atoms with E-state index in [2.05, 4.69) is 6.58 Å². The van der Waals surface area contributed by atoms with Gasteiger partial charge in [0.1, 0.15) is 5.78 Å². The number of rotatable bonds is 2. The zero-order chi connectivity index (χ0) is 8.57. The molecule has 0 heterocycles. The summed E-state index contributed by atoms with van der Waals surface area (Å²) in [6.07, 6.45) is 2.10. The minimum atomic E-state index is -3.13. The smallest absolute Gasteiger partial charge is 0.511 e. The van der Waals surface area contributed by atoms with Gasteiger partial charge < -0.3 is 9.59 Å². The third kappa shape index (κ3) is 62.1. The van der Waals surface area contributed by atoms with E-state index in [0.29, 0.717) is 6.42 Å². The average molecular weight is 162 g/mol. The summed E-state index contributed by atoms with van der Waals surface area (Å²) in [4.78, 5) is 24.3. The van der Waals surface area contributed by atoms with E-state index in [0.717, 1.165) is 0 Å². The summed E-state index contributed by atoms with van der Waals surface area (Å²) >= 11 is 0. The standard InChI is InChI=1S/C5H8O.H2O3Si/c1-3-4-5(2)6;1-4(2)3/h3H,1,4H2,2H3;1-2H. The molecule has 0 aliphatic carbocycles. The van der Waals surface area contributed by atoms with Crippen molar-refractivity contribution in [3.05, 3.63) is 12.7 Å². The maximum absolute atomic E-state index is 9.97. The molecule has 0 unspecified atom stereocenters. The van der Waals surface area contributed by atoms with Gasteiger partial charge in [-0.1, -0.05) is 6.08 Å². The van der Waals surface area contributed by atoms with E-state index in [9.17, 15) is 4.79 Å². The second-order valence-corrected chi connectivity index (χ2v) is 2.04. The lowest BCUT2D eigenvalue weighted by Crippen LogP contribution is -1.90. The van der Waals surface area contributed by atoms with Gasteiger partial charge in [0.15, 0.2) is 0 Å². The molecule has 0 spiro atoms. The van der Waals surface area contributed by atoms with Crippen molar-refractivity contribution in [2.75, 3.05) is 0 Å². The summed E-state index contributed by atoms with van der Waals surface area (Å²) in [6.45, 7) is 4.92. The molecule has 0 bridgehead atoms. The molecule has 0 aromatic heterocycles. The van der Waals surface area contributed by atoms with Gasteiger partial charge in [-0.3, -0.25) is 9.26 Å². The van der Waals surface area contributed by atoms with Crippen molar-refractivity contribution in [2.24, 2.45) is 0 Å². The highest BCUT2D eigenvalue weighted by Crippen LogP contribution is 1.77. The maximum atomic E-state index is 9.97. The van der Waals surface area contributed by atoms with Crippen LogP contribution in [0.25, 0.3) is 0 Å². The van der Waals surface area contributed by atoms with Crippen LogP contribution >= 0.6 is 0 Å². The Hall–Kier alpha value is -0.973. The van der Waals surface area contributed by atoms with E-state index in [-0.39, 0.29) is 5.78 Å². The number of carbonyl (C=O) groups is 1. The molecular formula is C5H10O4Si. The minimum Gasteiger partial charge on any atom is -0.511 e. The van der Waals surface area contributed by atoms with Crippen molar-refractivity contribution in [1.29, 1.82) is 0 Å². The SMILES string of the molecule is C=CCC(C)=O.O=[Si](O)O. The summed E-state index contributed by atoms with van der Waals surface area (Å²) < 4.78 is 8.74. The predicted octanol–water partition coefficient (Wildman–Crippen LogP) is -0.462. The maximum Gasteiger partial charge on any atom is 0.761 e. The van der Waals surface area contributed by atoms with Gasteiger partial charge in [0, 0.05) is 6.42 Å². The van der Waals surface area contributed by atoms with E-state index in [1.165, 1.54) is 0 Å². The van der Waals surface area contributed by atoms with Crippen molar-refractivity contribution in [2.45, 2.75) is 13.3 Å². The van der Waals surface area contributed by atoms with Gasteiger partial charge in [0.2, 0.25) is 0 Å². The van der Waals surface area contributed by atoms with Crippen LogP contribution in [0.2, 0.25) is 0 Å². The zero-order valence-corrected chi connectivity index (χ0v) is 6.70. The van der Waals surface area contributed by atoms with Gasteiger partial charge in [0.25, 0.3) is 0 Å². The third-order valence-electron chi connectivity index (χ3n) is 0.432. The van der Waals surface area contributed by atoms with Crippen LogP contribution in [0.1, 0.15) is 13.3 Å². The van der Waals surface area contributed by atoms with Crippen LogP contribution in [0.15, 0.2) is 12.7 Å². The highest BCUT2D eigenvalue weighted by Gasteiger charge is 1.85. The molecule has 0 aliphatic heterocycles. The van der Waals surface area contributed by atoms with E-state index < -0.39 is 9.17 Å². The first-order valence-electron chi connectivity index (χ1n) is 2.53. The van der Waals surface area contributed by atoms with Gasteiger partial charge in [0.05, 0.1) is 0 Å². The Morgan fingerprint density at radius 1 is 1.70 bits per heavy atom. The van der Waals surface area contributed by atoms with E-state index in [4.69, 9.17) is 14.1 Å². The molecule has 4 nitrogen and oxygen atoms in total.